The number of hydrazine groups is 1. The van der Waals surface area contributed by atoms with Crippen molar-refractivity contribution in [1.82, 2.24) is 5.12 Å². The summed E-state index contributed by atoms with van der Waals surface area (Å²) in [5, 5.41) is 10.3. The lowest BCUT2D eigenvalue weighted by Crippen LogP contribution is -2.29. The highest BCUT2D eigenvalue weighted by Crippen LogP contribution is 1.77. The predicted molar refractivity (Wildman–Crippen MR) is 23.2 cm³/mol. The van der Waals surface area contributed by atoms with E-state index < -0.39 is 6.09 Å². The summed E-state index contributed by atoms with van der Waals surface area (Å²) in [6.45, 7) is 0. The molecule has 8 heavy (non-hydrogen) atoms. The number of hydrogen-bond donors (Lipinski definition) is 2. The van der Waals surface area contributed by atoms with E-state index in [1.807, 2.05) is 0 Å². The number of nitrogens with zero attached hydrogens (tertiary/aromatic N) is 4. The molecule has 0 spiro atoms. The van der Waals surface area contributed by atoms with Gasteiger partial charge >= 0.3 is 6.09 Å². The van der Waals surface area contributed by atoms with E-state index in [9.17, 15) is 4.79 Å². The van der Waals surface area contributed by atoms with Gasteiger partial charge < -0.3 is 5.11 Å². The average molecular weight is 117 g/mol. The highest BCUT2D eigenvalue weighted by atomic mass is 16.4. The zero-order valence-corrected chi connectivity index (χ0v) is 3.72. The van der Waals surface area contributed by atoms with Crippen molar-refractivity contribution in [2.75, 3.05) is 0 Å². The highest BCUT2D eigenvalue weighted by Gasteiger charge is 2.06. The first kappa shape index (κ1) is 6.54. The Morgan fingerprint density at radius 1 is 2.00 bits per heavy atom. The fourth-order valence-corrected chi connectivity index (χ4v) is 0.0814. The van der Waals surface area contributed by atoms with E-state index >= 15 is 0 Å². The van der Waals surface area contributed by atoms with Crippen molar-refractivity contribution in [2.45, 2.75) is 0 Å². The minimum absolute atomic E-state index is 0.0278. The molecule has 0 radical (unpaired) electrons. The summed E-state index contributed by atoms with van der Waals surface area (Å²) in [5.74, 6) is 4.54. The van der Waals surface area contributed by atoms with Crippen LogP contribution in [0.5, 0.6) is 0 Å². The van der Waals surface area contributed by atoms with E-state index in [0.717, 1.165) is 0 Å². The van der Waals surface area contributed by atoms with Crippen molar-refractivity contribution in [3.05, 3.63) is 10.4 Å². The molecule has 7 nitrogen and oxygen atoms in total. The number of nitrogens with two attached hydrogens (primary N) is 1. The third kappa shape index (κ3) is 1.85. The quantitative estimate of drug-likeness (QED) is 0.126. The largest absolute Gasteiger partial charge is 0.526 e. The second-order valence-electron chi connectivity index (χ2n) is 0.806. The monoisotopic (exact) mass is 117 g/mol. The van der Waals surface area contributed by atoms with Crippen molar-refractivity contribution in [3.63, 3.8) is 0 Å². The summed E-state index contributed by atoms with van der Waals surface area (Å²) in [4.78, 5) is 11.7. The molecule has 0 unspecified atom stereocenters. The molecule has 3 N–H and O–H groups in total. The van der Waals surface area contributed by atoms with Crippen LogP contribution in [0.2, 0.25) is 0 Å². The minimum Gasteiger partial charge on any atom is -0.445 e. The number of carboxylic acid groups (broad SMARTS) is 1. The molecule has 44 valence electrons. The predicted octanol–water partition coefficient (Wildman–Crippen LogP) is 0.0654. The second-order valence-corrected chi connectivity index (χ2v) is 0.806. The summed E-state index contributed by atoms with van der Waals surface area (Å²) in [5.41, 5.74) is 7.56. The molecule has 0 aliphatic rings. The number of rotatable bonds is 1. The molecule has 0 aromatic rings. The van der Waals surface area contributed by atoms with Gasteiger partial charge in [0, 0.05) is 5.22 Å². The lowest BCUT2D eigenvalue weighted by atomic mass is 11.2. The zero-order chi connectivity index (χ0) is 6.57. The Hall–Kier alpha value is -1.46. The first-order valence-corrected chi connectivity index (χ1v) is 1.51. The molecule has 0 atom stereocenters. The number of azide groups is 1. The first-order valence-electron chi connectivity index (χ1n) is 1.51. The van der Waals surface area contributed by atoms with Crippen LogP contribution in [-0.4, -0.2) is 16.3 Å². The van der Waals surface area contributed by atoms with Crippen molar-refractivity contribution in [3.8, 4) is 0 Å². The van der Waals surface area contributed by atoms with Gasteiger partial charge in [-0.2, -0.15) is 15.5 Å². The number of hydrogen-bond acceptors (Lipinski definition) is 3. The summed E-state index contributed by atoms with van der Waals surface area (Å²) in [7, 11) is 0. The van der Waals surface area contributed by atoms with E-state index in [1.165, 1.54) is 0 Å². The third-order valence-corrected chi connectivity index (χ3v) is 0.332. The lowest BCUT2D eigenvalue weighted by Gasteiger charge is -1.93. The van der Waals surface area contributed by atoms with Gasteiger partial charge in [-0.3, -0.25) is 0 Å². The summed E-state index contributed by atoms with van der Waals surface area (Å²) < 4.78 is 0. The standard InChI is InChI=1S/CH3N5O2/c2-4-5-6(3)1(7)8/h3H2,(H,7,8). The van der Waals surface area contributed by atoms with E-state index in [-0.39, 0.29) is 5.12 Å². The zero-order valence-electron chi connectivity index (χ0n) is 3.72. The summed E-state index contributed by atoms with van der Waals surface area (Å²) in [6.07, 6.45) is -1.50. The Morgan fingerprint density at radius 3 is 2.62 bits per heavy atom. The average Bonchev–Trinajstić information content (AvgIpc) is 1.67. The fraction of sp³-hybridized carbons (Fsp3) is 0. The van der Waals surface area contributed by atoms with Crippen LogP contribution in [0.3, 0.4) is 0 Å². The Labute approximate surface area is 43.9 Å². The van der Waals surface area contributed by atoms with Crippen LogP contribution in [0.1, 0.15) is 0 Å². The van der Waals surface area contributed by atoms with Crippen LogP contribution in [0.25, 0.3) is 10.4 Å². The van der Waals surface area contributed by atoms with Crippen LogP contribution in [0, 0.1) is 0 Å². The highest BCUT2D eigenvalue weighted by molar-refractivity contribution is 5.63. The second kappa shape index (κ2) is 2.67. The number of amides is 1. The maximum atomic E-state index is 9.63. The maximum absolute atomic E-state index is 9.63. The topological polar surface area (TPSA) is 115 Å². The van der Waals surface area contributed by atoms with Crippen molar-refractivity contribution >= 4 is 6.09 Å². The molecule has 7 heteroatoms. The Kier molecular flexibility index (Phi) is 2.18. The van der Waals surface area contributed by atoms with Gasteiger partial charge in [0.25, 0.3) is 0 Å². The molecule has 0 bridgehead atoms. The van der Waals surface area contributed by atoms with Crippen LogP contribution in [0.15, 0.2) is 5.22 Å². The van der Waals surface area contributed by atoms with Gasteiger partial charge in [-0.1, -0.05) is 5.12 Å². The third-order valence-electron chi connectivity index (χ3n) is 0.332. The fourth-order valence-electron chi connectivity index (χ4n) is 0.0814. The van der Waals surface area contributed by atoms with E-state index in [1.54, 1.807) is 0 Å². The Bertz CT molecular complexity index is 133. The van der Waals surface area contributed by atoms with Crippen molar-refractivity contribution in [2.24, 2.45) is 11.1 Å². The molecule has 0 aromatic carbocycles. The van der Waals surface area contributed by atoms with Crippen LogP contribution < -0.4 is 5.84 Å². The summed E-state index contributed by atoms with van der Waals surface area (Å²) in [6, 6.07) is 0. The normalized spacial score (nSPS) is 7.12. The SMILES string of the molecule is [N-]=[N+]=NN(N)C(=O)O. The van der Waals surface area contributed by atoms with Gasteiger partial charge in [0.15, 0.2) is 0 Å². The molecule has 0 aromatic heterocycles. The molecule has 0 fully saturated rings. The molecule has 0 saturated carbocycles. The molecular formula is CH3N5O2. The Morgan fingerprint density at radius 2 is 2.50 bits per heavy atom. The van der Waals surface area contributed by atoms with Gasteiger partial charge in [-0.15, -0.1) is 5.53 Å². The first-order chi connectivity index (χ1) is 3.68. The smallest absolute Gasteiger partial charge is 0.445 e. The minimum atomic E-state index is -1.50. The lowest BCUT2D eigenvalue weighted by molar-refractivity contribution is 0.146. The summed E-state index contributed by atoms with van der Waals surface area (Å²) >= 11 is 0. The molecule has 0 aliphatic carbocycles. The maximum Gasteiger partial charge on any atom is 0.526 e. The van der Waals surface area contributed by atoms with Gasteiger partial charge in [0.2, 0.25) is 0 Å². The number of carbonyl (C=O) groups is 1. The molecule has 1 amide bonds. The van der Waals surface area contributed by atoms with Crippen LogP contribution in [0.4, 0.5) is 4.79 Å². The van der Waals surface area contributed by atoms with E-state index in [0.29, 0.717) is 0 Å². The van der Waals surface area contributed by atoms with E-state index in [4.69, 9.17) is 10.6 Å². The van der Waals surface area contributed by atoms with Gasteiger partial charge in [-0.05, 0) is 0 Å². The molecule has 0 heterocycles. The van der Waals surface area contributed by atoms with Crippen molar-refractivity contribution < 1.29 is 9.90 Å². The Balaban J connectivity index is 3.82. The van der Waals surface area contributed by atoms with Crippen molar-refractivity contribution in [1.29, 1.82) is 0 Å². The molecule has 0 saturated heterocycles. The molecule has 0 rings (SSSR count). The van der Waals surface area contributed by atoms with Crippen LogP contribution >= 0.6 is 0 Å². The van der Waals surface area contributed by atoms with E-state index in [2.05, 4.69) is 16.0 Å². The molecule has 0 aliphatic heterocycles. The van der Waals surface area contributed by atoms with Gasteiger partial charge in [0.05, 0.1) is 0 Å². The van der Waals surface area contributed by atoms with Gasteiger partial charge in [0.1, 0.15) is 0 Å². The van der Waals surface area contributed by atoms with Crippen LogP contribution in [-0.2, 0) is 0 Å². The molecular weight excluding hydrogens is 114 g/mol. The van der Waals surface area contributed by atoms with Gasteiger partial charge in [-0.25, -0.2) is 0 Å².